The zero-order valence-corrected chi connectivity index (χ0v) is 14.7. The third-order valence-electron chi connectivity index (χ3n) is 4.27. The molecule has 0 radical (unpaired) electrons. The molecule has 1 aromatic carbocycles. The van der Waals surface area contributed by atoms with Gasteiger partial charge < -0.3 is 15.2 Å². The van der Waals surface area contributed by atoms with Gasteiger partial charge in [0.05, 0.1) is 5.92 Å². The van der Waals surface area contributed by atoms with Gasteiger partial charge in [0.2, 0.25) is 11.8 Å². The molecule has 3 rings (SSSR count). The fourth-order valence-electron chi connectivity index (χ4n) is 3.08. The number of benzene rings is 1. The number of nitrogens with one attached hydrogen (secondary N) is 1. The van der Waals surface area contributed by atoms with Crippen LogP contribution in [0.3, 0.4) is 0 Å². The van der Waals surface area contributed by atoms with Crippen LogP contribution in [0.1, 0.15) is 49.4 Å². The summed E-state index contributed by atoms with van der Waals surface area (Å²) >= 11 is 0. The van der Waals surface area contributed by atoms with E-state index in [0.29, 0.717) is 17.2 Å². The highest BCUT2D eigenvalue weighted by molar-refractivity contribution is 5.69. The van der Waals surface area contributed by atoms with E-state index in [-0.39, 0.29) is 17.8 Å². The number of aryl methyl sites for hydroxylation is 1. The van der Waals surface area contributed by atoms with Gasteiger partial charge in [-0.3, -0.25) is 9.89 Å². The van der Waals surface area contributed by atoms with E-state index in [0.717, 1.165) is 36.1 Å². The summed E-state index contributed by atoms with van der Waals surface area (Å²) < 4.78 is 10.6. The van der Waals surface area contributed by atoms with Crippen LogP contribution in [0.15, 0.2) is 35.7 Å². The normalized spacial score (nSPS) is 15.8. The molecule has 2 aromatic rings. The topological polar surface area (TPSA) is 114 Å². The zero-order chi connectivity index (χ0) is 18.7. The van der Waals surface area contributed by atoms with Crippen molar-refractivity contribution >= 4 is 5.97 Å². The highest BCUT2D eigenvalue weighted by atomic mass is 16.5. The number of carbonyl (C=O) groups excluding carboxylic acids is 1. The van der Waals surface area contributed by atoms with Gasteiger partial charge in [0.1, 0.15) is 17.4 Å². The first-order chi connectivity index (χ1) is 12.5. The minimum Gasteiger partial charge on any atom is -0.427 e. The molecule has 0 aliphatic carbocycles. The molecular formula is C19H20N4O3. The van der Waals surface area contributed by atoms with Crippen LogP contribution in [-0.4, -0.2) is 16.2 Å². The number of aromatic amines is 1. The lowest BCUT2D eigenvalue weighted by molar-refractivity contribution is -0.131. The van der Waals surface area contributed by atoms with Crippen LogP contribution >= 0.6 is 0 Å². The summed E-state index contributed by atoms with van der Waals surface area (Å²) in [6, 6.07) is 9.20. The van der Waals surface area contributed by atoms with E-state index in [2.05, 4.69) is 23.2 Å². The first kappa shape index (κ1) is 17.5. The van der Waals surface area contributed by atoms with E-state index in [9.17, 15) is 10.1 Å². The Bertz CT molecular complexity index is 890. The number of hydrogen-bond acceptors (Lipinski definition) is 6. The number of fused-ring (bicyclic) bond motifs is 1. The Kier molecular flexibility index (Phi) is 4.94. The summed E-state index contributed by atoms with van der Waals surface area (Å²) in [4.78, 5) is 11.1. The van der Waals surface area contributed by atoms with E-state index >= 15 is 0 Å². The number of H-pyrrole nitrogens is 1. The Morgan fingerprint density at radius 1 is 1.42 bits per heavy atom. The predicted molar refractivity (Wildman–Crippen MR) is 94.2 cm³/mol. The Labute approximate surface area is 151 Å². The molecule has 7 nitrogen and oxygen atoms in total. The third-order valence-corrected chi connectivity index (χ3v) is 4.27. The highest BCUT2D eigenvalue weighted by Crippen LogP contribution is 2.43. The minimum atomic E-state index is -0.385. The molecule has 0 fully saturated rings. The first-order valence-corrected chi connectivity index (χ1v) is 8.48. The van der Waals surface area contributed by atoms with Crippen LogP contribution in [-0.2, 0) is 11.2 Å². The Hall–Kier alpha value is -3.27. The number of aromatic nitrogens is 2. The quantitative estimate of drug-likeness (QED) is 0.632. The van der Waals surface area contributed by atoms with E-state index in [1.165, 1.54) is 6.92 Å². The van der Waals surface area contributed by atoms with Crippen molar-refractivity contribution in [1.29, 1.82) is 5.26 Å². The van der Waals surface area contributed by atoms with Gasteiger partial charge in [-0.25, -0.2) is 0 Å². The van der Waals surface area contributed by atoms with Gasteiger partial charge >= 0.3 is 5.97 Å². The van der Waals surface area contributed by atoms with Gasteiger partial charge in [-0.15, -0.1) is 5.10 Å². The second-order valence-corrected chi connectivity index (χ2v) is 6.11. The average molecular weight is 352 g/mol. The number of esters is 1. The first-order valence-electron chi connectivity index (χ1n) is 8.48. The lowest BCUT2D eigenvalue weighted by atomic mass is 9.83. The Morgan fingerprint density at radius 2 is 2.15 bits per heavy atom. The molecule has 2 heterocycles. The van der Waals surface area contributed by atoms with Crippen molar-refractivity contribution in [3.05, 3.63) is 52.5 Å². The third kappa shape index (κ3) is 3.26. The van der Waals surface area contributed by atoms with E-state index in [1.54, 1.807) is 12.1 Å². The van der Waals surface area contributed by atoms with Crippen LogP contribution in [0.25, 0.3) is 0 Å². The number of unbranched alkanes of at least 4 members (excludes halogenated alkanes) is 1. The van der Waals surface area contributed by atoms with E-state index < -0.39 is 0 Å². The number of ether oxygens (including phenoxy) is 2. The number of nitrogens with two attached hydrogens (primary N) is 1. The molecule has 1 aromatic heterocycles. The van der Waals surface area contributed by atoms with Gasteiger partial charge in [0.15, 0.2) is 0 Å². The molecule has 1 aliphatic rings. The standard InChI is InChI=1S/C19H20N4O3/c1-3-4-5-15-17-16(12-6-8-13(9-7-12)25-11(2)24)14(10-20)18(21)26-19(17)23-22-15/h6-9,16H,3-5,21H2,1-2H3,(H,22,23). The van der Waals surface area contributed by atoms with Crippen molar-refractivity contribution in [2.75, 3.05) is 0 Å². The van der Waals surface area contributed by atoms with Gasteiger partial charge in [-0.05, 0) is 30.5 Å². The van der Waals surface area contributed by atoms with Crippen LogP contribution in [0.2, 0.25) is 0 Å². The van der Waals surface area contributed by atoms with Crippen LogP contribution in [0, 0.1) is 11.3 Å². The zero-order valence-electron chi connectivity index (χ0n) is 14.7. The smallest absolute Gasteiger partial charge is 0.308 e. The molecule has 26 heavy (non-hydrogen) atoms. The van der Waals surface area contributed by atoms with Gasteiger partial charge in [0.25, 0.3) is 0 Å². The van der Waals surface area contributed by atoms with E-state index in [1.807, 2.05) is 12.1 Å². The minimum absolute atomic E-state index is 0.0580. The molecule has 1 unspecified atom stereocenters. The maximum absolute atomic E-state index is 11.1. The van der Waals surface area contributed by atoms with Crippen molar-refractivity contribution in [1.82, 2.24) is 10.2 Å². The summed E-state index contributed by atoms with van der Waals surface area (Å²) in [6.45, 7) is 3.46. The number of nitriles is 1. The van der Waals surface area contributed by atoms with Gasteiger partial charge in [-0.1, -0.05) is 25.5 Å². The number of allylic oxidation sites excluding steroid dienone is 1. The molecule has 0 saturated carbocycles. The summed E-state index contributed by atoms with van der Waals surface area (Å²) in [5.74, 6) is 0.150. The summed E-state index contributed by atoms with van der Waals surface area (Å²) in [6.07, 6.45) is 2.84. The van der Waals surface area contributed by atoms with Crippen molar-refractivity contribution in [2.45, 2.75) is 39.0 Å². The van der Waals surface area contributed by atoms with Gasteiger partial charge in [-0.2, -0.15) is 5.26 Å². The predicted octanol–water partition coefficient (Wildman–Crippen LogP) is 2.90. The lowest BCUT2D eigenvalue weighted by Gasteiger charge is -2.24. The highest BCUT2D eigenvalue weighted by Gasteiger charge is 2.34. The largest absolute Gasteiger partial charge is 0.427 e. The number of carbonyl (C=O) groups is 1. The molecule has 0 spiro atoms. The molecule has 1 aliphatic heterocycles. The maximum atomic E-state index is 11.1. The van der Waals surface area contributed by atoms with Crippen molar-refractivity contribution in [3.8, 4) is 17.7 Å². The second-order valence-electron chi connectivity index (χ2n) is 6.11. The second kappa shape index (κ2) is 7.31. The fourth-order valence-corrected chi connectivity index (χ4v) is 3.08. The van der Waals surface area contributed by atoms with Gasteiger partial charge in [0, 0.05) is 18.2 Å². The summed E-state index contributed by atoms with van der Waals surface area (Å²) in [5.41, 5.74) is 8.92. The Morgan fingerprint density at radius 3 is 2.77 bits per heavy atom. The lowest BCUT2D eigenvalue weighted by Crippen LogP contribution is -2.21. The number of hydrogen-bond donors (Lipinski definition) is 2. The molecule has 0 bridgehead atoms. The number of nitrogens with zero attached hydrogens (tertiary/aromatic N) is 2. The molecule has 0 saturated heterocycles. The number of rotatable bonds is 5. The molecular weight excluding hydrogens is 332 g/mol. The monoisotopic (exact) mass is 352 g/mol. The molecule has 3 N–H and O–H groups in total. The van der Waals surface area contributed by atoms with Crippen molar-refractivity contribution in [3.63, 3.8) is 0 Å². The van der Waals surface area contributed by atoms with Crippen LogP contribution in [0.4, 0.5) is 0 Å². The summed E-state index contributed by atoms with van der Waals surface area (Å²) in [5, 5.41) is 16.9. The van der Waals surface area contributed by atoms with Crippen LogP contribution < -0.4 is 15.2 Å². The maximum Gasteiger partial charge on any atom is 0.308 e. The molecule has 7 heteroatoms. The Balaban J connectivity index is 2.05. The summed E-state index contributed by atoms with van der Waals surface area (Å²) in [7, 11) is 0. The molecule has 0 amide bonds. The van der Waals surface area contributed by atoms with Crippen LogP contribution in [0.5, 0.6) is 11.6 Å². The van der Waals surface area contributed by atoms with E-state index in [4.69, 9.17) is 15.2 Å². The molecule has 134 valence electrons. The fraction of sp³-hybridized carbons (Fsp3) is 0.316. The van der Waals surface area contributed by atoms with Crippen molar-refractivity contribution in [2.24, 2.45) is 5.73 Å². The molecule has 1 atom stereocenters. The van der Waals surface area contributed by atoms with Crippen molar-refractivity contribution < 1.29 is 14.3 Å². The average Bonchev–Trinajstić information content (AvgIpc) is 3.01. The SMILES string of the molecule is CCCCc1[nH]nc2c1C(c1ccc(OC(C)=O)cc1)C(C#N)=C(N)O2.